The maximum Gasteiger partial charge on any atom is 0.234 e. The molecule has 2 N–H and O–H groups in total. The van der Waals surface area contributed by atoms with Crippen molar-refractivity contribution in [1.29, 1.82) is 0 Å². The van der Waals surface area contributed by atoms with Crippen LogP contribution in [0.3, 0.4) is 0 Å². The predicted molar refractivity (Wildman–Crippen MR) is 125 cm³/mol. The average Bonchev–Trinajstić information content (AvgIpc) is 3.05. The summed E-state index contributed by atoms with van der Waals surface area (Å²) in [5, 5.41) is 15.0. The van der Waals surface area contributed by atoms with Crippen molar-refractivity contribution in [3.8, 4) is 0 Å². The van der Waals surface area contributed by atoms with Gasteiger partial charge in [0.15, 0.2) is 5.16 Å². The highest BCUT2D eigenvalue weighted by Gasteiger charge is 2.15. The van der Waals surface area contributed by atoms with Gasteiger partial charge in [-0.25, -0.2) is 0 Å². The molecule has 0 atom stereocenters. The highest BCUT2D eigenvalue weighted by atomic mass is 35.5. The van der Waals surface area contributed by atoms with Gasteiger partial charge in [-0.05, 0) is 31.2 Å². The van der Waals surface area contributed by atoms with Gasteiger partial charge in [-0.15, -0.1) is 10.2 Å². The highest BCUT2D eigenvalue weighted by molar-refractivity contribution is 7.99. The lowest BCUT2D eigenvalue weighted by atomic mass is 10.2. The lowest BCUT2D eigenvalue weighted by Crippen LogP contribution is -2.17. The first-order valence-corrected chi connectivity index (χ1v) is 11.2. The van der Waals surface area contributed by atoms with Crippen molar-refractivity contribution in [2.24, 2.45) is 7.05 Å². The Morgan fingerprint density at radius 3 is 2.35 bits per heavy atom. The van der Waals surface area contributed by atoms with E-state index in [-0.39, 0.29) is 34.0 Å². The van der Waals surface area contributed by atoms with Crippen LogP contribution in [0.25, 0.3) is 0 Å². The van der Waals surface area contributed by atoms with Gasteiger partial charge in [0, 0.05) is 12.7 Å². The topological polar surface area (TPSA) is 88.9 Å². The van der Waals surface area contributed by atoms with Gasteiger partial charge < -0.3 is 15.2 Å². The van der Waals surface area contributed by atoms with Gasteiger partial charge >= 0.3 is 0 Å². The number of aromatic nitrogens is 3. The summed E-state index contributed by atoms with van der Waals surface area (Å²) in [5.74, 6) is 0.0490. The Morgan fingerprint density at radius 1 is 0.968 bits per heavy atom. The molecule has 2 aromatic carbocycles. The predicted octanol–water partition coefficient (Wildman–Crippen LogP) is 5.00. The number of carbonyl (C=O) groups excluding carboxylic acids is 2. The van der Waals surface area contributed by atoms with E-state index in [1.54, 1.807) is 11.6 Å². The van der Waals surface area contributed by atoms with E-state index in [4.69, 9.17) is 34.8 Å². The summed E-state index contributed by atoms with van der Waals surface area (Å²) in [5.41, 5.74) is 2.19. The molecule has 2 amide bonds. The third-order valence-corrected chi connectivity index (χ3v) is 6.25. The van der Waals surface area contributed by atoms with E-state index < -0.39 is 0 Å². The SMILES string of the molecule is Cc1ccc(NC(=O)Cc2nnc(SCC(=O)Nc3cc(Cl)c(Cl)cc3Cl)n2C)cc1. The average molecular weight is 499 g/mol. The van der Waals surface area contributed by atoms with Gasteiger partial charge in [-0.3, -0.25) is 9.59 Å². The fourth-order valence-electron chi connectivity index (χ4n) is 2.55. The minimum Gasteiger partial charge on any atom is -0.326 e. The maximum atomic E-state index is 12.3. The molecular weight excluding hydrogens is 481 g/mol. The summed E-state index contributed by atoms with van der Waals surface area (Å²) >= 11 is 19.1. The molecule has 3 aromatic rings. The third kappa shape index (κ3) is 6.36. The van der Waals surface area contributed by atoms with Gasteiger partial charge in [0.25, 0.3) is 0 Å². The fraction of sp³-hybridized carbons (Fsp3) is 0.200. The van der Waals surface area contributed by atoms with Gasteiger partial charge in [-0.1, -0.05) is 64.3 Å². The van der Waals surface area contributed by atoms with Crippen molar-refractivity contribution in [2.75, 3.05) is 16.4 Å². The molecule has 1 aromatic heterocycles. The molecular formula is C20H18Cl3N5O2S. The minimum atomic E-state index is -0.299. The number of benzene rings is 2. The Morgan fingerprint density at radius 2 is 1.65 bits per heavy atom. The molecule has 11 heteroatoms. The van der Waals surface area contributed by atoms with Crippen LogP contribution in [-0.2, 0) is 23.1 Å². The number of rotatable bonds is 7. The molecule has 0 radical (unpaired) electrons. The van der Waals surface area contributed by atoms with E-state index in [2.05, 4.69) is 20.8 Å². The Balaban J connectivity index is 1.55. The first-order valence-electron chi connectivity index (χ1n) is 9.05. The summed E-state index contributed by atoms with van der Waals surface area (Å²) in [6.07, 6.45) is 0.0585. The molecule has 7 nitrogen and oxygen atoms in total. The summed E-state index contributed by atoms with van der Waals surface area (Å²) < 4.78 is 1.68. The Kier molecular flexibility index (Phi) is 7.83. The number of halogens is 3. The summed E-state index contributed by atoms with van der Waals surface area (Å²) in [6, 6.07) is 10.5. The number of amides is 2. The first kappa shape index (κ1) is 23.4. The second-order valence-electron chi connectivity index (χ2n) is 6.63. The molecule has 0 aliphatic carbocycles. The second-order valence-corrected chi connectivity index (χ2v) is 8.80. The number of nitrogens with zero attached hydrogens (tertiary/aromatic N) is 3. The third-order valence-electron chi connectivity index (χ3n) is 4.20. The molecule has 0 aliphatic heterocycles. The zero-order valence-corrected chi connectivity index (χ0v) is 19.7. The molecule has 0 spiro atoms. The van der Waals surface area contributed by atoms with E-state index in [0.29, 0.717) is 27.4 Å². The lowest BCUT2D eigenvalue weighted by molar-refractivity contribution is -0.116. The van der Waals surface area contributed by atoms with Crippen molar-refractivity contribution in [3.05, 3.63) is 62.9 Å². The quantitative estimate of drug-likeness (QED) is 0.354. The van der Waals surface area contributed by atoms with Crippen molar-refractivity contribution >= 4 is 69.8 Å². The summed E-state index contributed by atoms with van der Waals surface area (Å²) in [4.78, 5) is 24.6. The van der Waals surface area contributed by atoms with E-state index in [9.17, 15) is 9.59 Å². The number of anilines is 2. The van der Waals surface area contributed by atoms with Crippen LogP contribution in [0.2, 0.25) is 15.1 Å². The number of hydrogen-bond acceptors (Lipinski definition) is 5. The van der Waals surface area contributed by atoms with Crippen molar-refractivity contribution in [2.45, 2.75) is 18.5 Å². The number of aryl methyl sites for hydroxylation is 1. The van der Waals surface area contributed by atoms with Crippen molar-refractivity contribution in [3.63, 3.8) is 0 Å². The van der Waals surface area contributed by atoms with Crippen LogP contribution in [0, 0.1) is 6.92 Å². The van der Waals surface area contributed by atoms with Gasteiger partial charge in [-0.2, -0.15) is 0 Å². The van der Waals surface area contributed by atoms with Crippen molar-refractivity contribution in [1.82, 2.24) is 14.8 Å². The van der Waals surface area contributed by atoms with E-state index >= 15 is 0 Å². The van der Waals surface area contributed by atoms with E-state index in [1.165, 1.54) is 23.9 Å². The standard InChI is InChI=1S/C20H18Cl3N5O2S/c1-11-3-5-12(6-4-11)24-18(29)9-17-26-27-20(28(17)2)31-10-19(30)25-16-8-14(22)13(21)7-15(16)23/h3-8H,9-10H2,1-2H3,(H,24,29)(H,25,30). The normalized spacial score (nSPS) is 10.7. The largest absolute Gasteiger partial charge is 0.326 e. The Bertz CT molecular complexity index is 1120. The lowest BCUT2D eigenvalue weighted by Gasteiger charge is -2.09. The second kappa shape index (κ2) is 10.4. The summed E-state index contributed by atoms with van der Waals surface area (Å²) in [6.45, 7) is 1.98. The number of carbonyl (C=O) groups is 2. The zero-order chi connectivity index (χ0) is 22.5. The van der Waals surface area contributed by atoms with Gasteiger partial charge in [0.1, 0.15) is 5.82 Å². The van der Waals surface area contributed by atoms with Crippen LogP contribution in [0.15, 0.2) is 41.6 Å². The zero-order valence-electron chi connectivity index (χ0n) is 16.6. The van der Waals surface area contributed by atoms with E-state index in [1.807, 2.05) is 31.2 Å². The number of hydrogen-bond donors (Lipinski definition) is 2. The minimum absolute atomic E-state index is 0.0585. The molecule has 0 fully saturated rings. The molecule has 31 heavy (non-hydrogen) atoms. The van der Waals surface area contributed by atoms with Crippen molar-refractivity contribution < 1.29 is 9.59 Å². The van der Waals surface area contributed by atoms with Crippen LogP contribution in [0.5, 0.6) is 0 Å². The van der Waals surface area contributed by atoms with E-state index in [0.717, 1.165) is 5.56 Å². The fourth-order valence-corrected chi connectivity index (χ4v) is 3.87. The number of nitrogens with one attached hydrogen (secondary N) is 2. The summed E-state index contributed by atoms with van der Waals surface area (Å²) in [7, 11) is 1.74. The van der Waals surface area contributed by atoms with Crippen LogP contribution in [0.4, 0.5) is 11.4 Å². The highest BCUT2D eigenvalue weighted by Crippen LogP contribution is 2.32. The maximum absolute atomic E-state index is 12.3. The molecule has 0 saturated heterocycles. The smallest absolute Gasteiger partial charge is 0.234 e. The molecule has 3 rings (SSSR count). The monoisotopic (exact) mass is 497 g/mol. The molecule has 0 aliphatic rings. The van der Waals surface area contributed by atoms with Crippen LogP contribution >= 0.6 is 46.6 Å². The molecule has 162 valence electrons. The first-order chi connectivity index (χ1) is 14.7. The van der Waals surface area contributed by atoms with Crippen LogP contribution in [-0.4, -0.2) is 32.3 Å². The van der Waals surface area contributed by atoms with Crippen LogP contribution in [0.1, 0.15) is 11.4 Å². The molecule has 1 heterocycles. The van der Waals surface area contributed by atoms with Gasteiger partial charge in [0.05, 0.1) is 32.9 Å². The van der Waals surface area contributed by atoms with Gasteiger partial charge in [0.2, 0.25) is 11.8 Å². The number of thioether (sulfide) groups is 1. The van der Waals surface area contributed by atoms with Crippen LogP contribution < -0.4 is 10.6 Å². The molecule has 0 bridgehead atoms. The Hall–Kier alpha value is -2.26. The Labute approximate surface area is 198 Å². The molecule has 0 saturated carbocycles. The molecule has 0 unspecified atom stereocenters.